The van der Waals surface area contributed by atoms with Crippen molar-refractivity contribution in [3.63, 3.8) is 0 Å². The topological polar surface area (TPSA) is 148 Å². The Kier molecular flexibility index (Phi) is 6.32. The molecule has 0 saturated carbocycles. The first-order valence-corrected chi connectivity index (χ1v) is 9.00. The first-order valence-electron chi connectivity index (χ1n) is 8.20. The average Bonchev–Trinajstić information content (AvgIpc) is 3.35. The molecule has 3 aromatic rings. The van der Waals surface area contributed by atoms with E-state index in [4.69, 9.17) is 9.26 Å². The van der Waals surface area contributed by atoms with Gasteiger partial charge in [-0.25, -0.2) is 4.98 Å². The van der Waals surface area contributed by atoms with Crippen LogP contribution in [0, 0.1) is 0 Å². The van der Waals surface area contributed by atoms with Crippen molar-refractivity contribution in [2.45, 2.75) is 25.9 Å². The van der Waals surface area contributed by atoms with Crippen molar-refractivity contribution in [3.05, 3.63) is 41.0 Å². The van der Waals surface area contributed by atoms with E-state index in [1.807, 2.05) is 6.07 Å². The van der Waals surface area contributed by atoms with E-state index in [9.17, 15) is 9.59 Å². The van der Waals surface area contributed by atoms with Crippen LogP contribution in [-0.4, -0.2) is 43.2 Å². The Balaban J connectivity index is 1.40. The highest BCUT2D eigenvalue weighted by Crippen LogP contribution is 2.18. The van der Waals surface area contributed by atoms with Gasteiger partial charge in [-0.15, -0.1) is 0 Å². The lowest BCUT2D eigenvalue weighted by atomic mass is 10.3. The van der Waals surface area contributed by atoms with Crippen molar-refractivity contribution >= 4 is 27.7 Å². The van der Waals surface area contributed by atoms with Gasteiger partial charge in [0.2, 0.25) is 17.6 Å². The molecule has 0 fully saturated rings. The molecule has 0 aliphatic rings. The van der Waals surface area contributed by atoms with Crippen molar-refractivity contribution in [1.29, 1.82) is 0 Å². The number of hydrogen-bond acceptors (Lipinski definition) is 8. The molecule has 2 aromatic heterocycles. The maximum atomic E-state index is 12.0. The minimum atomic E-state index is -0.796. The fraction of sp³-hybridized carbons (Fsp3) is 0.250. The number of amides is 2. The molecule has 2 amide bonds. The van der Waals surface area contributed by atoms with Gasteiger partial charge in [0.25, 0.3) is 5.91 Å². The van der Waals surface area contributed by atoms with Crippen molar-refractivity contribution in [2.75, 3.05) is 0 Å². The third kappa shape index (κ3) is 5.36. The fourth-order valence-corrected chi connectivity index (χ4v) is 2.46. The zero-order valence-corrected chi connectivity index (χ0v) is 16.3. The van der Waals surface area contributed by atoms with Gasteiger partial charge in [0.05, 0.1) is 0 Å². The van der Waals surface area contributed by atoms with E-state index in [1.54, 1.807) is 25.1 Å². The molecule has 3 N–H and O–H groups in total. The van der Waals surface area contributed by atoms with Crippen molar-refractivity contribution in [2.24, 2.45) is 0 Å². The Morgan fingerprint density at radius 1 is 1.36 bits per heavy atom. The molecular weight excluding hydrogens is 434 g/mol. The number of hydrazine groups is 1. The normalized spacial score (nSPS) is 11.6. The number of halogens is 1. The second kappa shape index (κ2) is 9.08. The van der Waals surface area contributed by atoms with Gasteiger partial charge in [0, 0.05) is 17.3 Å². The summed E-state index contributed by atoms with van der Waals surface area (Å²) in [5, 5.41) is 10.0. The highest BCUT2D eigenvalue weighted by Gasteiger charge is 2.16. The smallest absolute Gasteiger partial charge is 0.279 e. The number of nitrogens with one attached hydrogen (secondary N) is 3. The van der Waals surface area contributed by atoms with Crippen LogP contribution in [0.15, 0.2) is 39.6 Å². The van der Waals surface area contributed by atoms with Gasteiger partial charge < -0.3 is 9.26 Å². The van der Waals surface area contributed by atoms with Gasteiger partial charge in [-0.1, -0.05) is 27.2 Å². The van der Waals surface area contributed by atoms with E-state index in [1.165, 1.54) is 6.33 Å². The standard InChI is InChI=1S/C16H16BrN7O4/c1-9(27-11-4-2-3-10(17)7-11)16(26)23-21-12(25)5-6-13-20-15(24-28-13)14-18-8-19-22-14/h2-4,7-9H,5-6H2,1H3,(H,21,25)(H,23,26)(H,18,19,22). The zero-order valence-electron chi connectivity index (χ0n) is 14.7. The molecule has 0 aliphatic heterocycles. The number of benzene rings is 1. The number of H-pyrrole nitrogens is 1. The van der Waals surface area contributed by atoms with Crippen LogP contribution in [0.5, 0.6) is 5.75 Å². The second-order valence-electron chi connectivity index (χ2n) is 5.60. The molecule has 1 aromatic carbocycles. The minimum Gasteiger partial charge on any atom is -0.481 e. The van der Waals surface area contributed by atoms with Crippen LogP contribution in [0.1, 0.15) is 19.2 Å². The first kappa shape index (κ1) is 19.5. The summed E-state index contributed by atoms with van der Waals surface area (Å²) in [4.78, 5) is 31.9. The van der Waals surface area contributed by atoms with E-state index in [0.717, 1.165) is 4.47 Å². The Hall–Kier alpha value is -3.28. The summed E-state index contributed by atoms with van der Waals surface area (Å²) in [6, 6.07) is 7.09. The van der Waals surface area contributed by atoms with Crippen LogP contribution in [0.25, 0.3) is 11.6 Å². The Morgan fingerprint density at radius 2 is 2.21 bits per heavy atom. The minimum absolute atomic E-state index is 0.0409. The molecule has 12 heteroatoms. The molecule has 3 rings (SSSR count). The lowest BCUT2D eigenvalue weighted by Crippen LogP contribution is -2.47. The van der Waals surface area contributed by atoms with Gasteiger partial charge >= 0.3 is 0 Å². The predicted octanol–water partition coefficient (Wildman–Crippen LogP) is 1.16. The van der Waals surface area contributed by atoms with Gasteiger partial charge in [-0.2, -0.15) is 10.1 Å². The van der Waals surface area contributed by atoms with E-state index < -0.39 is 17.9 Å². The second-order valence-corrected chi connectivity index (χ2v) is 6.52. The highest BCUT2D eigenvalue weighted by molar-refractivity contribution is 9.10. The van der Waals surface area contributed by atoms with E-state index in [0.29, 0.717) is 11.6 Å². The number of aromatic amines is 1. The third-order valence-corrected chi connectivity index (χ3v) is 3.96. The van der Waals surface area contributed by atoms with Crippen molar-refractivity contribution in [3.8, 4) is 17.4 Å². The van der Waals surface area contributed by atoms with Gasteiger partial charge in [0.1, 0.15) is 12.1 Å². The quantitative estimate of drug-likeness (QED) is 0.455. The molecule has 146 valence electrons. The number of hydrogen-bond donors (Lipinski definition) is 3. The van der Waals surface area contributed by atoms with Crippen LogP contribution in [-0.2, 0) is 16.0 Å². The molecule has 28 heavy (non-hydrogen) atoms. The van der Waals surface area contributed by atoms with Crippen molar-refractivity contribution in [1.82, 2.24) is 36.2 Å². The SMILES string of the molecule is CC(Oc1cccc(Br)c1)C(=O)NNC(=O)CCc1nc(-c2ncn[nH]2)no1. The molecular formula is C16H16BrN7O4. The van der Waals surface area contributed by atoms with Crippen LogP contribution < -0.4 is 15.6 Å². The molecule has 0 spiro atoms. The Labute approximate surface area is 167 Å². The number of carbonyl (C=O) groups excluding carboxylic acids is 2. The highest BCUT2D eigenvalue weighted by atomic mass is 79.9. The Bertz CT molecular complexity index is 944. The molecule has 11 nitrogen and oxygen atoms in total. The van der Waals surface area contributed by atoms with E-state index in [2.05, 4.69) is 52.1 Å². The molecule has 2 heterocycles. The van der Waals surface area contributed by atoms with E-state index >= 15 is 0 Å². The largest absolute Gasteiger partial charge is 0.481 e. The van der Waals surface area contributed by atoms with Crippen LogP contribution in [0.4, 0.5) is 0 Å². The summed E-state index contributed by atoms with van der Waals surface area (Å²) in [6.07, 6.45) is 0.768. The summed E-state index contributed by atoms with van der Waals surface area (Å²) < 4.78 is 11.4. The third-order valence-electron chi connectivity index (χ3n) is 3.46. The maximum Gasteiger partial charge on any atom is 0.279 e. The molecule has 1 unspecified atom stereocenters. The summed E-state index contributed by atoms with van der Waals surface area (Å²) in [5.74, 6) is 0.508. The predicted molar refractivity (Wildman–Crippen MR) is 98.5 cm³/mol. The van der Waals surface area contributed by atoms with Gasteiger partial charge in [0.15, 0.2) is 11.9 Å². The monoisotopic (exact) mass is 449 g/mol. The number of rotatable bonds is 7. The van der Waals surface area contributed by atoms with E-state index in [-0.39, 0.29) is 24.6 Å². The van der Waals surface area contributed by atoms with Gasteiger partial charge in [-0.05, 0) is 25.1 Å². The number of nitrogens with zero attached hydrogens (tertiary/aromatic N) is 4. The summed E-state index contributed by atoms with van der Waals surface area (Å²) in [6.45, 7) is 1.58. The number of aromatic nitrogens is 5. The molecule has 0 radical (unpaired) electrons. The Morgan fingerprint density at radius 3 is 2.96 bits per heavy atom. The lowest BCUT2D eigenvalue weighted by Gasteiger charge is -2.15. The number of ether oxygens (including phenoxy) is 1. The van der Waals surface area contributed by atoms with Crippen LogP contribution in [0.3, 0.4) is 0 Å². The zero-order chi connectivity index (χ0) is 19.9. The van der Waals surface area contributed by atoms with Gasteiger partial charge in [-0.3, -0.25) is 25.5 Å². The van der Waals surface area contributed by atoms with Crippen LogP contribution in [0.2, 0.25) is 0 Å². The van der Waals surface area contributed by atoms with Crippen molar-refractivity contribution < 1.29 is 18.8 Å². The lowest BCUT2D eigenvalue weighted by molar-refractivity contribution is -0.132. The summed E-state index contributed by atoms with van der Waals surface area (Å²) >= 11 is 3.32. The molecule has 0 saturated heterocycles. The number of carbonyl (C=O) groups is 2. The maximum absolute atomic E-state index is 12.0. The summed E-state index contributed by atoms with van der Waals surface area (Å²) in [5.41, 5.74) is 4.63. The molecule has 1 atom stereocenters. The number of aryl methyl sites for hydroxylation is 1. The van der Waals surface area contributed by atoms with Crippen LogP contribution >= 0.6 is 15.9 Å². The first-order chi connectivity index (χ1) is 13.5. The fourth-order valence-electron chi connectivity index (χ4n) is 2.08. The summed E-state index contributed by atoms with van der Waals surface area (Å²) in [7, 11) is 0. The molecule has 0 aliphatic carbocycles. The average molecular weight is 450 g/mol. The molecule has 0 bridgehead atoms.